The lowest BCUT2D eigenvalue weighted by Gasteiger charge is -2.14. The number of nitrogens with two attached hydrogens (primary N) is 1. The molecule has 0 saturated heterocycles. The van der Waals surface area contributed by atoms with Crippen molar-refractivity contribution in [1.82, 2.24) is 0 Å². The van der Waals surface area contributed by atoms with E-state index in [4.69, 9.17) is 10.5 Å². The van der Waals surface area contributed by atoms with Gasteiger partial charge in [0, 0.05) is 26.3 Å². The number of halogens is 1. The van der Waals surface area contributed by atoms with Crippen LogP contribution in [0.4, 0.5) is 0 Å². The van der Waals surface area contributed by atoms with Gasteiger partial charge in [-0.05, 0) is 42.0 Å². The number of hydrogen-bond acceptors (Lipinski definition) is 3. The summed E-state index contributed by atoms with van der Waals surface area (Å²) in [5, 5.41) is 3.43. The van der Waals surface area contributed by atoms with Crippen molar-refractivity contribution in [1.29, 1.82) is 0 Å². The van der Waals surface area contributed by atoms with Gasteiger partial charge in [0.2, 0.25) is 0 Å². The van der Waals surface area contributed by atoms with Crippen molar-refractivity contribution >= 4 is 37.4 Å². The van der Waals surface area contributed by atoms with Crippen molar-refractivity contribution in [3.8, 4) is 5.75 Å². The summed E-state index contributed by atoms with van der Waals surface area (Å²) in [6.45, 7) is 2.53. The number of rotatable bonds is 4. The summed E-state index contributed by atoms with van der Waals surface area (Å²) in [4.78, 5) is 0. The first-order valence-electron chi connectivity index (χ1n) is 6.78. The Morgan fingerprint density at radius 2 is 2.05 bits per heavy atom. The molecule has 0 unspecified atom stereocenters. The quantitative estimate of drug-likeness (QED) is 0.687. The lowest BCUT2D eigenvalue weighted by molar-refractivity contribution is 0.303. The zero-order valence-electron chi connectivity index (χ0n) is 11.7. The van der Waals surface area contributed by atoms with E-state index in [1.807, 2.05) is 25.1 Å². The van der Waals surface area contributed by atoms with E-state index < -0.39 is 0 Å². The highest BCUT2D eigenvalue weighted by Gasteiger charge is 2.10. The Morgan fingerprint density at radius 1 is 1.24 bits per heavy atom. The molecule has 0 aliphatic heterocycles. The van der Waals surface area contributed by atoms with E-state index in [9.17, 15) is 0 Å². The summed E-state index contributed by atoms with van der Waals surface area (Å²) in [6, 6.07) is 14.3. The van der Waals surface area contributed by atoms with Gasteiger partial charge >= 0.3 is 0 Å². The van der Waals surface area contributed by atoms with Crippen LogP contribution in [0.2, 0.25) is 0 Å². The van der Waals surface area contributed by atoms with Crippen LogP contribution in [0.25, 0.3) is 10.1 Å². The van der Waals surface area contributed by atoms with Crippen LogP contribution in [-0.4, -0.2) is 0 Å². The van der Waals surface area contributed by atoms with E-state index in [-0.39, 0.29) is 6.04 Å². The molecule has 0 radical (unpaired) electrons. The molecule has 2 aromatic carbocycles. The molecular weight excluding hydrogens is 346 g/mol. The Balaban J connectivity index is 1.85. The predicted molar refractivity (Wildman–Crippen MR) is 92.9 cm³/mol. The molecule has 0 saturated carbocycles. The van der Waals surface area contributed by atoms with Crippen LogP contribution in [0.3, 0.4) is 0 Å². The summed E-state index contributed by atoms with van der Waals surface area (Å²) in [5.74, 6) is 0.850. The summed E-state index contributed by atoms with van der Waals surface area (Å²) in [7, 11) is 0. The minimum atomic E-state index is -0.0586. The van der Waals surface area contributed by atoms with Crippen molar-refractivity contribution in [3.05, 3.63) is 63.4 Å². The highest BCUT2D eigenvalue weighted by Crippen LogP contribution is 2.30. The Labute approximate surface area is 136 Å². The zero-order chi connectivity index (χ0) is 14.8. The van der Waals surface area contributed by atoms with Gasteiger partial charge in [-0.1, -0.05) is 34.1 Å². The van der Waals surface area contributed by atoms with Gasteiger partial charge in [-0.2, -0.15) is 0 Å². The van der Waals surface area contributed by atoms with Crippen LogP contribution in [0, 0.1) is 0 Å². The van der Waals surface area contributed by atoms with Crippen LogP contribution in [0.5, 0.6) is 5.75 Å². The fourth-order valence-electron chi connectivity index (χ4n) is 2.31. The Hall–Kier alpha value is -1.36. The molecular formula is C17H16BrNOS. The third-order valence-corrected chi connectivity index (χ3v) is 4.91. The molecule has 1 atom stereocenters. The van der Waals surface area contributed by atoms with Crippen molar-refractivity contribution in [2.45, 2.75) is 19.6 Å². The molecule has 2 nitrogen and oxygen atoms in total. The Kier molecular flexibility index (Phi) is 4.29. The zero-order valence-corrected chi connectivity index (χ0v) is 14.1. The number of benzene rings is 2. The van der Waals surface area contributed by atoms with Crippen LogP contribution in [0.1, 0.15) is 24.1 Å². The molecule has 3 rings (SSSR count). The third kappa shape index (κ3) is 3.12. The maximum Gasteiger partial charge on any atom is 0.124 e. The molecule has 0 aliphatic rings. The number of ether oxygens (including phenoxy) is 1. The van der Waals surface area contributed by atoms with E-state index in [1.165, 1.54) is 15.6 Å². The first kappa shape index (κ1) is 14.6. The number of fused-ring (bicyclic) bond motifs is 1. The van der Waals surface area contributed by atoms with E-state index in [0.717, 1.165) is 15.8 Å². The second-order valence-corrected chi connectivity index (χ2v) is 6.84. The molecule has 0 bridgehead atoms. The van der Waals surface area contributed by atoms with Gasteiger partial charge in [-0.15, -0.1) is 11.3 Å². The van der Waals surface area contributed by atoms with Gasteiger partial charge in [0.25, 0.3) is 0 Å². The van der Waals surface area contributed by atoms with Gasteiger partial charge in [0.15, 0.2) is 0 Å². The van der Waals surface area contributed by atoms with Crippen LogP contribution in [0.15, 0.2) is 52.3 Å². The third-order valence-electron chi connectivity index (χ3n) is 3.41. The Morgan fingerprint density at radius 3 is 2.86 bits per heavy atom. The van der Waals surface area contributed by atoms with Crippen LogP contribution >= 0.6 is 27.3 Å². The smallest absolute Gasteiger partial charge is 0.124 e. The van der Waals surface area contributed by atoms with Crippen LogP contribution in [-0.2, 0) is 6.61 Å². The minimum absolute atomic E-state index is 0.0586. The molecule has 21 heavy (non-hydrogen) atoms. The van der Waals surface area contributed by atoms with Gasteiger partial charge in [0.1, 0.15) is 12.4 Å². The van der Waals surface area contributed by atoms with Crippen molar-refractivity contribution in [3.63, 3.8) is 0 Å². The van der Waals surface area contributed by atoms with Gasteiger partial charge in [-0.3, -0.25) is 0 Å². The molecule has 1 aromatic heterocycles. The fourth-order valence-corrected chi connectivity index (χ4v) is 3.63. The van der Waals surface area contributed by atoms with Gasteiger partial charge < -0.3 is 10.5 Å². The monoisotopic (exact) mass is 361 g/mol. The van der Waals surface area contributed by atoms with Gasteiger partial charge in [0.05, 0.1) is 0 Å². The molecule has 0 spiro atoms. The van der Waals surface area contributed by atoms with Crippen molar-refractivity contribution < 1.29 is 4.74 Å². The first-order valence-corrected chi connectivity index (χ1v) is 8.45. The van der Waals surface area contributed by atoms with Crippen LogP contribution < -0.4 is 10.5 Å². The molecule has 108 valence electrons. The highest BCUT2D eigenvalue weighted by molar-refractivity contribution is 9.10. The van der Waals surface area contributed by atoms with E-state index in [1.54, 1.807) is 11.3 Å². The highest BCUT2D eigenvalue weighted by atomic mass is 79.9. The largest absolute Gasteiger partial charge is 0.489 e. The van der Waals surface area contributed by atoms with Gasteiger partial charge in [-0.25, -0.2) is 0 Å². The molecule has 3 aromatic rings. The average molecular weight is 362 g/mol. The maximum atomic E-state index is 6.02. The first-order chi connectivity index (χ1) is 10.1. The lowest BCUT2D eigenvalue weighted by atomic mass is 10.1. The molecule has 0 amide bonds. The van der Waals surface area contributed by atoms with E-state index in [2.05, 4.69) is 45.6 Å². The fraction of sp³-hybridized carbons (Fsp3) is 0.176. The van der Waals surface area contributed by atoms with Crippen molar-refractivity contribution in [2.24, 2.45) is 5.73 Å². The number of thiophene rings is 1. The molecule has 0 fully saturated rings. The normalized spacial score (nSPS) is 12.5. The summed E-state index contributed by atoms with van der Waals surface area (Å²) in [6.07, 6.45) is 0. The van der Waals surface area contributed by atoms with E-state index in [0.29, 0.717) is 6.61 Å². The Bertz CT molecular complexity index is 766. The second-order valence-electron chi connectivity index (χ2n) is 5.02. The van der Waals surface area contributed by atoms with Crippen molar-refractivity contribution in [2.75, 3.05) is 0 Å². The topological polar surface area (TPSA) is 35.2 Å². The summed E-state index contributed by atoms with van der Waals surface area (Å²) in [5.41, 5.74) is 8.26. The SMILES string of the molecule is C[C@@H](N)c1cc(Br)ccc1OCc1csc2ccccc12. The second kappa shape index (κ2) is 6.18. The number of hydrogen-bond donors (Lipinski definition) is 1. The standard InChI is InChI=1S/C17H16BrNOS/c1-11(19)15-8-13(18)6-7-16(15)20-9-12-10-21-17-5-3-2-4-14(12)17/h2-8,10-11H,9,19H2,1H3/t11-/m1/s1. The van der Waals surface area contributed by atoms with E-state index >= 15 is 0 Å². The molecule has 0 aliphatic carbocycles. The predicted octanol–water partition coefficient (Wildman–Crippen LogP) is 5.26. The molecule has 2 N–H and O–H groups in total. The average Bonchev–Trinajstić information content (AvgIpc) is 2.89. The summed E-state index contributed by atoms with van der Waals surface area (Å²) < 4.78 is 8.32. The maximum absolute atomic E-state index is 6.02. The summed E-state index contributed by atoms with van der Waals surface area (Å²) >= 11 is 5.23. The lowest BCUT2D eigenvalue weighted by Crippen LogP contribution is -2.08. The molecule has 4 heteroatoms. The molecule has 1 heterocycles. The minimum Gasteiger partial charge on any atom is -0.489 e.